The van der Waals surface area contributed by atoms with Gasteiger partial charge in [0.2, 0.25) is 0 Å². The second-order valence-corrected chi connectivity index (χ2v) is 4.25. The maximum atomic E-state index is 12.2. The fourth-order valence-electron chi connectivity index (χ4n) is 2.00. The largest absolute Gasteiger partial charge is 0.508 e. The Labute approximate surface area is 109 Å². The molecule has 1 aromatic heterocycles. The van der Waals surface area contributed by atoms with Crippen LogP contribution in [0, 0.1) is 0 Å². The van der Waals surface area contributed by atoms with Crippen LogP contribution in [0.1, 0.15) is 10.4 Å². The molecule has 3 N–H and O–H groups in total. The van der Waals surface area contributed by atoms with Gasteiger partial charge in [-0.3, -0.25) is 4.79 Å². The Bertz CT molecular complexity index is 729. The van der Waals surface area contributed by atoms with Crippen LogP contribution in [0.3, 0.4) is 0 Å². The summed E-state index contributed by atoms with van der Waals surface area (Å²) in [6.07, 6.45) is 1.69. The lowest BCUT2D eigenvalue weighted by Gasteiger charge is -2.04. The number of phenolic OH excluding ortho intramolecular Hbond substituents is 1. The van der Waals surface area contributed by atoms with Gasteiger partial charge in [0, 0.05) is 22.8 Å². The number of benzene rings is 2. The summed E-state index contributed by atoms with van der Waals surface area (Å²) in [5.74, 6) is -0.00627. The summed E-state index contributed by atoms with van der Waals surface area (Å²) in [6.45, 7) is 0. The van der Waals surface area contributed by atoms with Crippen molar-refractivity contribution in [1.82, 2.24) is 4.98 Å². The highest BCUT2D eigenvalue weighted by Gasteiger charge is 2.11. The molecule has 19 heavy (non-hydrogen) atoms. The number of nitrogens with one attached hydrogen (secondary N) is 2. The van der Waals surface area contributed by atoms with Gasteiger partial charge in [-0.25, -0.2) is 0 Å². The molecule has 0 radical (unpaired) electrons. The molecule has 0 atom stereocenters. The number of para-hydroxylation sites is 1. The molecule has 3 rings (SSSR count). The highest BCUT2D eigenvalue weighted by molar-refractivity contribution is 6.12. The molecule has 0 saturated carbocycles. The molecular formula is C15H12N2O2. The number of hydrogen-bond donors (Lipinski definition) is 3. The fourth-order valence-corrected chi connectivity index (χ4v) is 2.00. The first-order chi connectivity index (χ1) is 9.24. The number of fused-ring (bicyclic) bond motifs is 1. The third-order valence-corrected chi connectivity index (χ3v) is 2.96. The van der Waals surface area contributed by atoms with E-state index in [0.717, 1.165) is 10.9 Å². The lowest BCUT2D eigenvalue weighted by Crippen LogP contribution is -2.11. The average Bonchev–Trinajstić information content (AvgIpc) is 2.85. The van der Waals surface area contributed by atoms with Crippen molar-refractivity contribution in [3.8, 4) is 5.75 Å². The molecule has 0 spiro atoms. The van der Waals surface area contributed by atoms with E-state index in [-0.39, 0.29) is 11.7 Å². The number of aromatic amines is 1. The second kappa shape index (κ2) is 4.49. The Balaban J connectivity index is 1.90. The van der Waals surface area contributed by atoms with Gasteiger partial charge in [-0.15, -0.1) is 0 Å². The van der Waals surface area contributed by atoms with Crippen molar-refractivity contribution in [3.05, 3.63) is 60.3 Å². The van der Waals surface area contributed by atoms with E-state index in [9.17, 15) is 9.90 Å². The van der Waals surface area contributed by atoms with Crippen LogP contribution < -0.4 is 5.32 Å². The van der Waals surface area contributed by atoms with Gasteiger partial charge in [-0.05, 0) is 30.3 Å². The molecule has 1 amide bonds. The van der Waals surface area contributed by atoms with Crippen LogP contribution in [-0.4, -0.2) is 16.0 Å². The molecule has 94 valence electrons. The van der Waals surface area contributed by atoms with Gasteiger partial charge >= 0.3 is 0 Å². The summed E-state index contributed by atoms with van der Waals surface area (Å²) >= 11 is 0. The van der Waals surface area contributed by atoms with E-state index in [0.29, 0.717) is 11.3 Å². The van der Waals surface area contributed by atoms with Crippen molar-refractivity contribution in [3.63, 3.8) is 0 Å². The summed E-state index contributed by atoms with van der Waals surface area (Å²) in [7, 11) is 0. The number of carbonyl (C=O) groups excluding carboxylic acids is 1. The van der Waals surface area contributed by atoms with Crippen LogP contribution >= 0.6 is 0 Å². The number of amides is 1. The van der Waals surface area contributed by atoms with Crippen LogP contribution in [-0.2, 0) is 0 Å². The predicted molar refractivity (Wildman–Crippen MR) is 74.4 cm³/mol. The molecule has 3 aromatic rings. The van der Waals surface area contributed by atoms with Crippen LogP contribution in [0.5, 0.6) is 5.75 Å². The molecule has 0 bridgehead atoms. The Morgan fingerprint density at radius 3 is 2.58 bits per heavy atom. The molecule has 0 unspecified atom stereocenters. The van der Waals surface area contributed by atoms with Crippen molar-refractivity contribution in [2.45, 2.75) is 0 Å². The zero-order valence-corrected chi connectivity index (χ0v) is 10.1. The predicted octanol–water partition coefficient (Wildman–Crippen LogP) is 3.13. The molecule has 1 heterocycles. The fraction of sp³-hybridized carbons (Fsp3) is 0. The molecule has 4 nitrogen and oxygen atoms in total. The summed E-state index contributed by atoms with van der Waals surface area (Å²) in [5.41, 5.74) is 2.18. The molecule has 0 aliphatic heterocycles. The van der Waals surface area contributed by atoms with Crippen LogP contribution in [0.2, 0.25) is 0 Å². The quantitative estimate of drug-likeness (QED) is 0.613. The van der Waals surface area contributed by atoms with Gasteiger partial charge < -0.3 is 15.4 Å². The number of anilines is 1. The van der Waals surface area contributed by atoms with Crippen LogP contribution in [0.15, 0.2) is 54.7 Å². The first-order valence-electron chi connectivity index (χ1n) is 5.90. The van der Waals surface area contributed by atoms with Gasteiger partial charge in [0.15, 0.2) is 0 Å². The molecule has 0 aliphatic rings. The average molecular weight is 252 g/mol. The van der Waals surface area contributed by atoms with E-state index < -0.39 is 0 Å². The minimum atomic E-state index is -0.178. The highest BCUT2D eigenvalue weighted by atomic mass is 16.3. The first-order valence-corrected chi connectivity index (χ1v) is 5.90. The van der Waals surface area contributed by atoms with Crippen LogP contribution in [0.25, 0.3) is 10.9 Å². The zero-order valence-electron chi connectivity index (χ0n) is 10.1. The van der Waals surface area contributed by atoms with Crippen LogP contribution in [0.4, 0.5) is 5.69 Å². The maximum Gasteiger partial charge on any atom is 0.257 e. The molecule has 0 aliphatic carbocycles. The van der Waals surface area contributed by atoms with E-state index in [1.165, 1.54) is 12.1 Å². The number of aromatic hydroxyl groups is 1. The standard InChI is InChI=1S/C15H12N2O2/c18-11-7-5-10(6-8-11)17-15(19)13-9-16-14-4-2-1-3-12(13)14/h1-9,16,18H,(H,17,19). The molecule has 2 aromatic carbocycles. The second-order valence-electron chi connectivity index (χ2n) is 4.25. The smallest absolute Gasteiger partial charge is 0.257 e. The van der Waals surface area contributed by atoms with E-state index >= 15 is 0 Å². The van der Waals surface area contributed by atoms with Crippen molar-refractivity contribution >= 4 is 22.5 Å². The van der Waals surface area contributed by atoms with Gasteiger partial charge in [0.1, 0.15) is 5.75 Å². The molecule has 0 fully saturated rings. The van der Waals surface area contributed by atoms with Crippen molar-refractivity contribution in [2.24, 2.45) is 0 Å². The molecule has 4 heteroatoms. The third-order valence-electron chi connectivity index (χ3n) is 2.96. The Morgan fingerprint density at radius 1 is 1.05 bits per heavy atom. The number of hydrogen-bond acceptors (Lipinski definition) is 2. The van der Waals surface area contributed by atoms with E-state index in [1.807, 2.05) is 24.3 Å². The molecular weight excluding hydrogens is 240 g/mol. The van der Waals surface area contributed by atoms with E-state index in [4.69, 9.17) is 0 Å². The summed E-state index contributed by atoms with van der Waals surface area (Å²) in [5, 5.41) is 12.9. The Kier molecular flexibility index (Phi) is 2.68. The van der Waals surface area contributed by atoms with Gasteiger partial charge in [-0.1, -0.05) is 18.2 Å². The minimum absolute atomic E-state index is 0.171. The summed E-state index contributed by atoms with van der Waals surface area (Å²) in [6, 6.07) is 14.0. The molecule has 0 saturated heterocycles. The topological polar surface area (TPSA) is 65.1 Å². The van der Waals surface area contributed by atoms with Gasteiger partial charge in [-0.2, -0.15) is 0 Å². The van der Waals surface area contributed by atoms with Crippen molar-refractivity contribution in [2.75, 3.05) is 5.32 Å². The highest BCUT2D eigenvalue weighted by Crippen LogP contribution is 2.20. The van der Waals surface area contributed by atoms with Gasteiger partial charge in [0.05, 0.1) is 5.56 Å². The first kappa shape index (κ1) is 11.3. The Hall–Kier alpha value is -2.75. The van der Waals surface area contributed by atoms with Gasteiger partial charge in [0.25, 0.3) is 5.91 Å². The number of aromatic nitrogens is 1. The minimum Gasteiger partial charge on any atom is -0.508 e. The monoisotopic (exact) mass is 252 g/mol. The maximum absolute atomic E-state index is 12.2. The lowest BCUT2D eigenvalue weighted by molar-refractivity contribution is 0.102. The SMILES string of the molecule is O=C(Nc1ccc(O)cc1)c1c[nH]c2ccccc12. The zero-order chi connectivity index (χ0) is 13.2. The summed E-state index contributed by atoms with van der Waals surface area (Å²) < 4.78 is 0. The van der Waals surface area contributed by atoms with E-state index in [1.54, 1.807) is 18.3 Å². The van der Waals surface area contributed by atoms with Crippen molar-refractivity contribution < 1.29 is 9.90 Å². The summed E-state index contributed by atoms with van der Waals surface area (Å²) in [4.78, 5) is 15.2. The number of H-pyrrole nitrogens is 1. The van der Waals surface area contributed by atoms with E-state index in [2.05, 4.69) is 10.3 Å². The third kappa shape index (κ3) is 2.15. The number of carbonyl (C=O) groups is 1. The number of rotatable bonds is 2. The normalized spacial score (nSPS) is 10.5. The lowest BCUT2D eigenvalue weighted by atomic mass is 10.1. The van der Waals surface area contributed by atoms with Crippen molar-refractivity contribution in [1.29, 1.82) is 0 Å². The number of phenols is 1. The Morgan fingerprint density at radius 2 is 1.79 bits per heavy atom.